The number of nitriles is 1. The molecule has 0 aliphatic rings. The van der Waals surface area contributed by atoms with Gasteiger partial charge in [-0.25, -0.2) is 8.42 Å². The molecule has 1 N–H and O–H groups in total. The molecule has 1 aromatic carbocycles. The van der Waals surface area contributed by atoms with E-state index in [0.29, 0.717) is 23.6 Å². The average Bonchev–Trinajstić information content (AvgIpc) is 2.26. The predicted molar refractivity (Wildman–Crippen MR) is 68.6 cm³/mol. The zero-order valence-electron chi connectivity index (χ0n) is 9.40. The Labute approximate surface area is 106 Å². The smallest absolute Gasteiger partial charge is 0.232 e. The molecule has 0 heterocycles. The molecule has 1 rings (SSSR count). The second-order valence-corrected chi connectivity index (χ2v) is 5.79. The largest absolute Gasteiger partial charge is 0.282 e. The minimum absolute atomic E-state index is 0.0463. The highest BCUT2D eigenvalue weighted by Crippen LogP contribution is 2.19. The van der Waals surface area contributed by atoms with Gasteiger partial charge in [0.15, 0.2) is 0 Å². The van der Waals surface area contributed by atoms with Crippen LogP contribution < -0.4 is 4.72 Å². The van der Waals surface area contributed by atoms with Crippen LogP contribution in [-0.2, 0) is 10.0 Å². The second kappa shape index (κ2) is 5.89. The Bertz CT molecular complexity index is 535. The predicted octanol–water partition coefficient (Wildman–Crippen LogP) is 2.24. The average molecular weight is 273 g/mol. The molecule has 0 saturated carbocycles. The third-order valence-electron chi connectivity index (χ3n) is 2.20. The molecule has 0 radical (unpaired) electrons. The number of sulfonamides is 1. The number of benzene rings is 1. The summed E-state index contributed by atoms with van der Waals surface area (Å²) in [5, 5.41) is 8.97. The molecule has 4 nitrogen and oxygen atoms in total. The van der Waals surface area contributed by atoms with Crippen LogP contribution >= 0.6 is 11.6 Å². The maximum Gasteiger partial charge on any atom is 0.232 e. The fourth-order valence-corrected chi connectivity index (χ4v) is 2.79. The molecule has 0 amide bonds. The first-order valence-electron chi connectivity index (χ1n) is 5.06. The van der Waals surface area contributed by atoms with E-state index in [9.17, 15) is 8.42 Å². The third-order valence-corrected chi connectivity index (χ3v) is 3.82. The molecular formula is C11H13ClN2O2S. The van der Waals surface area contributed by atoms with Gasteiger partial charge in [-0.1, -0.05) is 12.1 Å². The van der Waals surface area contributed by atoms with E-state index in [4.69, 9.17) is 16.9 Å². The second-order valence-electron chi connectivity index (χ2n) is 3.57. The number of alkyl halides is 1. The molecule has 0 spiro atoms. The minimum Gasteiger partial charge on any atom is -0.282 e. The Balaban J connectivity index is 2.97. The molecule has 6 heteroatoms. The SMILES string of the molecule is Cc1cccc(NS(=O)(=O)CCCCl)c1C#N. The fourth-order valence-electron chi connectivity index (χ4n) is 1.36. The topological polar surface area (TPSA) is 70.0 Å². The first-order chi connectivity index (χ1) is 8.00. The van der Waals surface area contributed by atoms with Crippen molar-refractivity contribution in [2.75, 3.05) is 16.4 Å². The summed E-state index contributed by atoms with van der Waals surface area (Å²) in [6.45, 7) is 1.76. The van der Waals surface area contributed by atoms with Crippen LogP contribution in [0, 0.1) is 18.3 Å². The van der Waals surface area contributed by atoms with Crippen molar-refractivity contribution in [3.63, 3.8) is 0 Å². The summed E-state index contributed by atoms with van der Waals surface area (Å²) >= 11 is 5.45. The summed E-state index contributed by atoms with van der Waals surface area (Å²) in [7, 11) is -3.43. The molecule has 0 saturated heterocycles. The van der Waals surface area contributed by atoms with Crippen LogP contribution in [0.1, 0.15) is 17.5 Å². The number of aryl methyl sites for hydroxylation is 1. The molecule has 0 aliphatic heterocycles. The highest BCUT2D eigenvalue weighted by Gasteiger charge is 2.13. The Morgan fingerprint density at radius 1 is 1.47 bits per heavy atom. The van der Waals surface area contributed by atoms with E-state index in [1.165, 1.54) is 0 Å². The Kier molecular flexibility index (Phi) is 4.79. The number of halogens is 1. The lowest BCUT2D eigenvalue weighted by molar-refractivity contribution is 0.600. The van der Waals surface area contributed by atoms with Crippen molar-refractivity contribution in [2.24, 2.45) is 0 Å². The van der Waals surface area contributed by atoms with Crippen LogP contribution in [0.2, 0.25) is 0 Å². The summed E-state index contributed by atoms with van der Waals surface area (Å²) in [6.07, 6.45) is 0.380. The van der Waals surface area contributed by atoms with E-state index in [1.54, 1.807) is 25.1 Å². The number of anilines is 1. The number of nitrogens with zero attached hydrogens (tertiary/aromatic N) is 1. The van der Waals surface area contributed by atoms with Crippen molar-refractivity contribution in [1.29, 1.82) is 5.26 Å². The van der Waals surface area contributed by atoms with Crippen LogP contribution in [-0.4, -0.2) is 20.1 Å². The third kappa shape index (κ3) is 3.91. The molecule has 92 valence electrons. The Morgan fingerprint density at radius 2 is 2.18 bits per heavy atom. The summed E-state index contributed by atoms with van der Waals surface area (Å²) in [4.78, 5) is 0. The number of hydrogen-bond acceptors (Lipinski definition) is 3. The zero-order chi connectivity index (χ0) is 12.9. The van der Waals surface area contributed by atoms with Crippen molar-refractivity contribution in [2.45, 2.75) is 13.3 Å². The first kappa shape index (κ1) is 13.8. The van der Waals surface area contributed by atoms with Gasteiger partial charge in [0.25, 0.3) is 0 Å². The van der Waals surface area contributed by atoms with E-state index in [1.807, 2.05) is 6.07 Å². The molecule has 0 fully saturated rings. The lowest BCUT2D eigenvalue weighted by atomic mass is 10.1. The van der Waals surface area contributed by atoms with Gasteiger partial charge in [-0.05, 0) is 25.0 Å². The van der Waals surface area contributed by atoms with Crippen molar-refractivity contribution in [1.82, 2.24) is 0 Å². The lowest BCUT2D eigenvalue weighted by Crippen LogP contribution is -2.17. The maximum absolute atomic E-state index is 11.7. The molecule has 0 unspecified atom stereocenters. The van der Waals surface area contributed by atoms with E-state index >= 15 is 0 Å². The van der Waals surface area contributed by atoms with Gasteiger partial charge >= 0.3 is 0 Å². The monoisotopic (exact) mass is 272 g/mol. The van der Waals surface area contributed by atoms with Crippen LogP contribution in [0.15, 0.2) is 18.2 Å². The van der Waals surface area contributed by atoms with E-state index < -0.39 is 10.0 Å². The van der Waals surface area contributed by atoms with Crippen molar-refractivity contribution < 1.29 is 8.42 Å². The van der Waals surface area contributed by atoms with E-state index in [-0.39, 0.29) is 5.75 Å². The molecule has 0 bridgehead atoms. The standard InChI is InChI=1S/C11H13ClN2O2S/c1-9-4-2-5-11(10(9)8-13)14-17(15,16)7-3-6-12/h2,4-5,14H,3,6-7H2,1H3. The van der Waals surface area contributed by atoms with Gasteiger partial charge in [-0.15, -0.1) is 11.6 Å². The number of hydrogen-bond donors (Lipinski definition) is 1. The van der Waals surface area contributed by atoms with Crippen LogP contribution in [0.4, 0.5) is 5.69 Å². The lowest BCUT2D eigenvalue weighted by Gasteiger charge is -2.10. The van der Waals surface area contributed by atoms with Crippen molar-refractivity contribution in [3.05, 3.63) is 29.3 Å². The van der Waals surface area contributed by atoms with Gasteiger partial charge in [0.1, 0.15) is 6.07 Å². The number of nitrogens with one attached hydrogen (secondary N) is 1. The molecule has 0 aliphatic carbocycles. The van der Waals surface area contributed by atoms with Crippen LogP contribution in [0.25, 0.3) is 0 Å². The van der Waals surface area contributed by atoms with Gasteiger partial charge < -0.3 is 0 Å². The highest BCUT2D eigenvalue weighted by atomic mass is 35.5. The van der Waals surface area contributed by atoms with Crippen molar-refractivity contribution >= 4 is 27.3 Å². The molecule has 1 aromatic rings. The first-order valence-corrected chi connectivity index (χ1v) is 7.25. The summed E-state index contributed by atoms with van der Waals surface area (Å²) in [6, 6.07) is 7.03. The van der Waals surface area contributed by atoms with Gasteiger partial charge in [0, 0.05) is 5.88 Å². The summed E-state index contributed by atoms with van der Waals surface area (Å²) < 4.78 is 25.7. The van der Waals surface area contributed by atoms with Gasteiger partial charge in [0.05, 0.1) is 17.0 Å². The van der Waals surface area contributed by atoms with Gasteiger partial charge in [-0.3, -0.25) is 4.72 Å². The molecular weight excluding hydrogens is 260 g/mol. The van der Waals surface area contributed by atoms with E-state index in [0.717, 1.165) is 5.56 Å². The normalized spacial score (nSPS) is 10.9. The Hall–Kier alpha value is -1.25. The molecule has 0 aromatic heterocycles. The van der Waals surface area contributed by atoms with Gasteiger partial charge in [-0.2, -0.15) is 5.26 Å². The van der Waals surface area contributed by atoms with Crippen molar-refractivity contribution in [3.8, 4) is 6.07 Å². The minimum atomic E-state index is -3.43. The Morgan fingerprint density at radius 3 is 2.76 bits per heavy atom. The fraction of sp³-hybridized carbons (Fsp3) is 0.364. The number of rotatable bonds is 5. The summed E-state index contributed by atoms with van der Waals surface area (Å²) in [5.41, 5.74) is 1.41. The maximum atomic E-state index is 11.7. The molecule has 17 heavy (non-hydrogen) atoms. The van der Waals surface area contributed by atoms with Gasteiger partial charge in [0.2, 0.25) is 10.0 Å². The summed E-state index contributed by atoms with van der Waals surface area (Å²) in [5.74, 6) is 0.245. The van der Waals surface area contributed by atoms with Crippen LogP contribution in [0.5, 0.6) is 0 Å². The quantitative estimate of drug-likeness (QED) is 0.836. The highest BCUT2D eigenvalue weighted by molar-refractivity contribution is 7.92. The van der Waals surface area contributed by atoms with E-state index in [2.05, 4.69) is 4.72 Å². The zero-order valence-corrected chi connectivity index (χ0v) is 11.0. The molecule has 0 atom stereocenters. The van der Waals surface area contributed by atoms with Crippen LogP contribution in [0.3, 0.4) is 0 Å².